The third-order valence-electron chi connectivity index (χ3n) is 2.46. The van der Waals surface area contributed by atoms with Crippen molar-refractivity contribution in [3.05, 3.63) is 57.7 Å². The number of ether oxygens (including phenoxy) is 1. The van der Waals surface area contributed by atoms with Crippen LogP contribution in [0.1, 0.15) is 15.9 Å². The van der Waals surface area contributed by atoms with E-state index in [1.54, 1.807) is 0 Å². The van der Waals surface area contributed by atoms with E-state index in [1.807, 2.05) is 0 Å². The number of benzene rings is 1. The minimum Gasteiger partial charge on any atom is -0.481 e. The zero-order chi connectivity index (χ0) is 14.0. The quantitative estimate of drug-likeness (QED) is 0.641. The molecule has 0 radical (unpaired) electrons. The fourth-order valence-corrected chi connectivity index (χ4v) is 1.80. The largest absolute Gasteiger partial charge is 0.481 e. The predicted octanol–water partition coefficient (Wildman–Crippen LogP) is 3.36. The summed E-state index contributed by atoms with van der Waals surface area (Å²) < 4.78 is 31.8. The van der Waals surface area contributed by atoms with Gasteiger partial charge >= 0.3 is 0 Å². The molecule has 1 heterocycles. The molecule has 19 heavy (non-hydrogen) atoms. The summed E-state index contributed by atoms with van der Waals surface area (Å²) in [7, 11) is 1.44. The number of pyridine rings is 1. The molecule has 0 aliphatic rings. The molecule has 0 fully saturated rings. The summed E-state index contributed by atoms with van der Waals surface area (Å²) in [6, 6.07) is 4.68. The van der Waals surface area contributed by atoms with Gasteiger partial charge in [-0.05, 0) is 34.1 Å². The summed E-state index contributed by atoms with van der Waals surface area (Å²) in [5.74, 6) is -1.81. The van der Waals surface area contributed by atoms with Gasteiger partial charge in [-0.2, -0.15) is 0 Å². The molecule has 0 N–H and O–H groups in total. The van der Waals surface area contributed by atoms with Crippen LogP contribution in [-0.2, 0) is 0 Å². The lowest BCUT2D eigenvalue weighted by atomic mass is 10.0. The Kier molecular flexibility index (Phi) is 3.90. The molecule has 3 nitrogen and oxygen atoms in total. The second-order valence-electron chi connectivity index (χ2n) is 3.66. The van der Waals surface area contributed by atoms with E-state index in [-0.39, 0.29) is 15.6 Å². The first kappa shape index (κ1) is 13.6. The fourth-order valence-electron chi connectivity index (χ4n) is 1.49. The molecule has 0 aliphatic heterocycles. The van der Waals surface area contributed by atoms with Gasteiger partial charge in [-0.25, -0.2) is 13.8 Å². The van der Waals surface area contributed by atoms with E-state index >= 15 is 0 Å². The van der Waals surface area contributed by atoms with E-state index in [1.165, 1.54) is 25.4 Å². The average molecular weight is 328 g/mol. The molecule has 0 spiro atoms. The number of halogens is 3. The number of aromatic nitrogens is 1. The number of carbonyl (C=O) groups is 1. The molecule has 0 saturated carbocycles. The highest BCUT2D eigenvalue weighted by atomic mass is 79.9. The maximum atomic E-state index is 13.6. The molecular formula is C13H8BrF2NO2. The number of carbonyl (C=O) groups excluding carboxylic acids is 1. The normalized spacial score (nSPS) is 10.3. The van der Waals surface area contributed by atoms with E-state index in [9.17, 15) is 13.6 Å². The molecule has 2 aromatic rings. The summed E-state index contributed by atoms with van der Waals surface area (Å²) in [4.78, 5) is 15.9. The lowest BCUT2D eigenvalue weighted by Gasteiger charge is -2.05. The van der Waals surface area contributed by atoms with Gasteiger partial charge in [-0.3, -0.25) is 4.79 Å². The SMILES string of the molecule is COc1ccc(C(=O)c2cc(F)c(Br)cc2F)cn1. The van der Waals surface area contributed by atoms with Crippen LogP contribution in [-0.4, -0.2) is 17.9 Å². The van der Waals surface area contributed by atoms with Crippen LogP contribution in [0.5, 0.6) is 5.88 Å². The second-order valence-corrected chi connectivity index (χ2v) is 4.52. The van der Waals surface area contributed by atoms with Crippen molar-refractivity contribution in [3.8, 4) is 5.88 Å². The minimum atomic E-state index is -0.797. The Balaban J connectivity index is 2.40. The van der Waals surface area contributed by atoms with Crippen LogP contribution >= 0.6 is 15.9 Å². The molecule has 1 aromatic heterocycles. The number of hydrogen-bond acceptors (Lipinski definition) is 3. The van der Waals surface area contributed by atoms with Gasteiger partial charge in [-0.15, -0.1) is 0 Å². The van der Waals surface area contributed by atoms with E-state index in [4.69, 9.17) is 4.74 Å². The first-order valence-corrected chi connectivity index (χ1v) is 6.01. The van der Waals surface area contributed by atoms with Gasteiger partial charge in [0.15, 0.2) is 5.78 Å². The number of rotatable bonds is 3. The Morgan fingerprint density at radius 1 is 1.26 bits per heavy atom. The van der Waals surface area contributed by atoms with Crippen molar-refractivity contribution in [1.29, 1.82) is 0 Å². The van der Waals surface area contributed by atoms with Crippen LogP contribution in [0, 0.1) is 11.6 Å². The summed E-state index contributed by atoms with van der Waals surface area (Å²) >= 11 is 2.85. The Labute approximate surface area is 116 Å². The smallest absolute Gasteiger partial charge is 0.212 e. The van der Waals surface area contributed by atoms with Crippen molar-refractivity contribution >= 4 is 21.7 Å². The summed E-state index contributed by atoms with van der Waals surface area (Å²) in [5, 5.41) is 0. The molecule has 0 atom stereocenters. The van der Waals surface area contributed by atoms with Gasteiger partial charge in [-0.1, -0.05) is 0 Å². The van der Waals surface area contributed by atoms with Crippen LogP contribution < -0.4 is 4.74 Å². The number of hydrogen-bond donors (Lipinski definition) is 0. The molecule has 0 saturated heterocycles. The van der Waals surface area contributed by atoms with Crippen molar-refractivity contribution in [2.24, 2.45) is 0 Å². The van der Waals surface area contributed by atoms with Crippen molar-refractivity contribution in [2.45, 2.75) is 0 Å². The lowest BCUT2D eigenvalue weighted by molar-refractivity contribution is 0.103. The monoisotopic (exact) mass is 327 g/mol. The molecular weight excluding hydrogens is 320 g/mol. The zero-order valence-electron chi connectivity index (χ0n) is 9.78. The lowest BCUT2D eigenvalue weighted by Crippen LogP contribution is -2.06. The maximum absolute atomic E-state index is 13.6. The van der Waals surface area contributed by atoms with Gasteiger partial charge in [0.2, 0.25) is 5.88 Å². The highest BCUT2D eigenvalue weighted by Gasteiger charge is 2.17. The van der Waals surface area contributed by atoms with Gasteiger partial charge in [0, 0.05) is 17.8 Å². The summed E-state index contributed by atoms with van der Waals surface area (Å²) in [6.07, 6.45) is 1.25. The van der Waals surface area contributed by atoms with E-state index in [0.717, 1.165) is 12.1 Å². The van der Waals surface area contributed by atoms with Crippen molar-refractivity contribution in [3.63, 3.8) is 0 Å². The Bertz CT molecular complexity index is 629. The van der Waals surface area contributed by atoms with Crippen LogP contribution in [0.15, 0.2) is 34.9 Å². The number of ketones is 1. The van der Waals surface area contributed by atoms with Crippen LogP contribution in [0.3, 0.4) is 0 Å². The second kappa shape index (κ2) is 5.44. The highest BCUT2D eigenvalue weighted by molar-refractivity contribution is 9.10. The molecule has 6 heteroatoms. The van der Waals surface area contributed by atoms with E-state index in [2.05, 4.69) is 20.9 Å². The van der Waals surface area contributed by atoms with Crippen molar-refractivity contribution in [2.75, 3.05) is 7.11 Å². The zero-order valence-corrected chi connectivity index (χ0v) is 11.4. The van der Waals surface area contributed by atoms with Crippen LogP contribution in [0.25, 0.3) is 0 Å². The highest BCUT2D eigenvalue weighted by Crippen LogP contribution is 2.22. The van der Waals surface area contributed by atoms with Crippen molar-refractivity contribution < 1.29 is 18.3 Å². The molecule has 1 aromatic carbocycles. The summed E-state index contributed by atoms with van der Waals surface area (Å²) in [5.41, 5.74) is -0.186. The van der Waals surface area contributed by atoms with E-state index < -0.39 is 17.4 Å². The van der Waals surface area contributed by atoms with Gasteiger partial charge in [0.25, 0.3) is 0 Å². The summed E-state index contributed by atoms with van der Waals surface area (Å²) in [6.45, 7) is 0. The third kappa shape index (κ3) is 2.78. The molecule has 0 aliphatic carbocycles. The molecule has 2 rings (SSSR count). The Hall–Kier alpha value is -1.82. The standard InChI is InChI=1S/C13H8BrF2NO2/c1-19-12-3-2-7(6-17-12)13(18)8-4-11(16)9(14)5-10(8)15/h2-6H,1H3. The predicted molar refractivity (Wildman–Crippen MR) is 68.3 cm³/mol. The maximum Gasteiger partial charge on any atom is 0.212 e. The van der Waals surface area contributed by atoms with E-state index in [0.29, 0.717) is 5.88 Å². The minimum absolute atomic E-state index is 0.0330. The van der Waals surface area contributed by atoms with Gasteiger partial charge in [0.1, 0.15) is 11.6 Å². The Morgan fingerprint density at radius 3 is 2.58 bits per heavy atom. The fraction of sp³-hybridized carbons (Fsp3) is 0.0769. The first-order chi connectivity index (χ1) is 9.02. The number of nitrogens with zero attached hydrogens (tertiary/aromatic N) is 1. The van der Waals surface area contributed by atoms with Crippen LogP contribution in [0.4, 0.5) is 8.78 Å². The average Bonchev–Trinajstić information content (AvgIpc) is 2.42. The van der Waals surface area contributed by atoms with Crippen LogP contribution in [0.2, 0.25) is 0 Å². The molecule has 0 unspecified atom stereocenters. The van der Waals surface area contributed by atoms with Gasteiger partial charge in [0.05, 0.1) is 17.1 Å². The molecule has 0 bridgehead atoms. The third-order valence-corrected chi connectivity index (χ3v) is 3.07. The van der Waals surface area contributed by atoms with Crippen molar-refractivity contribution in [1.82, 2.24) is 4.98 Å². The molecule has 0 amide bonds. The van der Waals surface area contributed by atoms with Gasteiger partial charge < -0.3 is 4.74 Å². The molecule has 98 valence electrons. The topological polar surface area (TPSA) is 39.2 Å². The first-order valence-electron chi connectivity index (χ1n) is 5.22. The Morgan fingerprint density at radius 2 is 2.00 bits per heavy atom. The number of methoxy groups -OCH3 is 1.